The number of rotatable bonds is 5. The van der Waals surface area contributed by atoms with Gasteiger partial charge in [0.1, 0.15) is 0 Å². The van der Waals surface area contributed by atoms with Crippen LogP contribution in [0.2, 0.25) is 0 Å². The Morgan fingerprint density at radius 3 is 2.22 bits per heavy atom. The molecule has 0 heterocycles. The lowest BCUT2D eigenvalue weighted by atomic mass is 9.67. The number of sulfone groups is 1. The topological polar surface area (TPSA) is 89.3 Å². The molecular formula is C18H25ClF2N2O3S. The Hall–Kier alpha value is -1.25. The van der Waals surface area contributed by atoms with Gasteiger partial charge in [-0.15, -0.1) is 12.4 Å². The van der Waals surface area contributed by atoms with Crippen molar-refractivity contribution >= 4 is 28.2 Å². The molecule has 0 spiro atoms. The molecule has 2 fully saturated rings. The summed E-state index contributed by atoms with van der Waals surface area (Å²) in [7, 11) is -4.47. The van der Waals surface area contributed by atoms with E-state index in [-0.39, 0.29) is 36.0 Å². The third-order valence-corrected chi connectivity index (χ3v) is 6.81. The second-order valence-electron chi connectivity index (χ2n) is 7.45. The van der Waals surface area contributed by atoms with Crippen LogP contribution in [0.25, 0.3) is 0 Å². The highest BCUT2D eigenvalue weighted by atomic mass is 35.5. The van der Waals surface area contributed by atoms with Gasteiger partial charge in [-0.25, -0.2) is 8.42 Å². The number of nitrogens with one attached hydrogen (secondary N) is 1. The minimum atomic E-state index is -4.47. The summed E-state index contributed by atoms with van der Waals surface area (Å²) >= 11 is 0. The first-order valence-corrected chi connectivity index (χ1v) is 10.6. The molecule has 27 heavy (non-hydrogen) atoms. The molecule has 3 N–H and O–H groups in total. The van der Waals surface area contributed by atoms with E-state index in [9.17, 15) is 22.0 Å². The van der Waals surface area contributed by atoms with Gasteiger partial charge in [-0.05, 0) is 55.2 Å². The van der Waals surface area contributed by atoms with Gasteiger partial charge >= 0.3 is 5.76 Å². The molecule has 2 saturated carbocycles. The van der Waals surface area contributed by atoms with Gasteiger partial charge in [0.2, 0.25) is 9.84 Å². The molecule has 152 valence electrons. The SMILES string of the molecule is Cl.NC1CC2CCCC(C1)C2NC(=O)c1ccc(CS(=O)(=O)C(F)F)cc1. The van der Waals surface area contributed by atoms with Gasteiger partial charge in [0.15, 0.2) is 0 Å². The lowest BCUT2D eigenvalue weighted by Gasteiger charge is -2.45. The van der Waals surface area contributed by atoms with E-state index in [2.05, 4.69) is 5.32 Å². The molecule has 9 heteroatoms. The van der Waals surface area contributed by atoms with Crippen LogP contribution in [0.5, 0.6) is 0 Å². The van der Waals surface area contributed by atoms with E-state index in [0.717, 1.165) is 25.7 Å². The summed E-state index contributed by atoms with van der Waals surface area (Å²) in [6.45, 7) is 0. The van der Waals surface area contributed by atoms with Crippen molar-refractivity contribution in [1.29, 1.82) is 0 Å². The van der Waals surface area contributed by atoms with Crippen molar-refractivity contribution in [2.75, 3.05) is 0 Å². The fourth-order valence-electron chi connectivity index (χ4n) is 4.31. The first-order chi connectivity index (χ1) is 12.3. The van der Waals surface area contributed by atoms with Crippen LogP contribution in [-0.2, 0) is 15.6 Å². The van der Waals surface area contributed by atoms with E-state index in [1.165, 1.54) is 30.7 Å². The van der Waals surface area contributed by atoms with Gasteiger partial charge in [-0.3, -0.25) is 4.79 Å². The average molecular weight is 423 g/mol. The van der Waals surface area contributed by atoms with Crippen molar-refractivity contribution < 1.29 is 22.0 Å². The Morgan fingerprint density at radius 1 is 1.15 bits per heavy atom. The number of fused-ring (bicyclic) bond motifs is 2. The van der Waals surface area contributed by atoms with Crippen molar-refractivity contribution in [3.63, 3.8) is 0 Å². The van der Waals surface area contributed by atoms with Crippen molar-refractivity contribution in [1.82, 2.24) is 5.32 Å². The molecule has 5 nitrogen and oxygen atoms in total. The Morgan fingerprint density at radius 2 is 1.70 bits per heavy atom. The average Bonchev–Trinajstić information content (AvgIpc) is 2.55. The fraction of sp³-hybridized carbons (Fsp3) is 0.611. The zero-order chi connectivity index (χ0) is 18.9. The summed E-state index contributed by atoms with van der Waals surface area (Å²) in [5.74, 6) is -3.56. The summed E-state index contributed by atoms with van der Waals surface area (Å²) in [5.41, 5.74) is 6.74. The van der Waals surface area contributed by atoms with Gasteiger partial charge < -0.3 is 11.1 Å². The molecule has 3 rings (SSSR count). The fourth-order valence-corrected chi connectivity index (χ4v) is 5.09. The van der Waals surface area contributed by atoms with Gasteiger partial charge in [0, 0.05) is 17.6 Å². The highest BCUT2D eigenvalue weighted by Crippen LogP contribution is 2.39. The molecule has 2 atom stereocenters. The molecule has 0 saturated heterocycles. The Kier molecular flexibility index (Phi) is 7.21. The Balaban J connectivity index is 0.00000261. The predicted molar refractivity (Wildman–Crippen MR) is 102 cm³/mol. The van der Waals surface area contributed by atoms with Crippen LogP contribution < -0.4 is 11.1 Å². The number of carbonyl (C=O) groups excluding carboxylic acids is 1. The van der Waals surface area contributed by atoms with Gasteiger partial charge in [0.25, 0.3) is 5.91 Å². The molecule has 1 amide bonds. The number of nitrogens with two attached hydrogens (primary N) is 1. The van der Waals surface area contributed by atoms with Crippen LogP contribution in [0.15, 0.2) is 24.3 Å². The summed E-state index contributed by atoms with van der Waals surface area (Å²) in [5, 5.41) is 3.11. The largest absolute Gasteiger partial charge is 0.349 e. The number of carbonyl (C=O) groups is 1. The van der Waals surface area contributed by atoms with Crippen molar-refractivity contribution in [2.45, 2.75) is 55.7 Å². The summed E-state index contributed by atoms with van der Waals surface area (Å²) < 4.78 is 47.5. The normalized spacial score (nSPS) is 27.7. The monoisotopic (exact) mass is 422 g/mol. The van der Waals surface area contributed by atoms with Crippen LogP contribution in [-0.4, -0.2) is 32.2 Å². The molecule has 2 aliphatic rings. The molecule has 0 aliphatic heterocycles. The van der Waals surface area contributed by atoms with E-state index in [1.54, 1.807) is 0 Å². The van der Waals surface area contributed by atoms with Crippen LogP contribution in [0, 0.1) is 11.8 Å². The summed E-state index contributed by atoms with van der Waals surface area (Å²) in [6.07, 6.45) is 5.15. The molecule has 2 bridgehead atoms. The zero-order valence-electron chi connectivity index (χ0n) is 14.8. The van der Waals surface area contributed by atoms with Crippen LogP contribution in [0.3, 0.4) is 0 Å². The first-order valence-electron chi connectivity index (χ1n) is 8.91. The van der Waals surface area contributed by atoms with Crippen molar-refractivity contribution in [2.24, 2.45) is 17.6 Å². The standard InChI is InChI=1S/C18H24F2N2O3S.ClH/c19-18(20)26(24,25)10-11-4-6-12(7-5-11)17(23)22-16-13-2-1-3-14(16)9-15(21)8-13;/h4-7,13-16,18H,1-3,8-10,21H2,(H,22,23);1H. The van der Waals surface area contributed by atoms with E-state index >= 15 is 0 Å². The van der Waals surface area contributed by atoms with Gasteiger partial charge in [-0.2, -0.15) is 8.78 Å². The number of halogens is 3. The van der Waals surface area contributed by atoms with Crippen molar-refractivity contribution in [3.05, 3.63) is 35.4 Å². The number of hydrogen-bond donors (Lipinski definition) is 2. The molecule has 1 aromatic carbocycles. The highest BCUT2D eigenvalue weighted by Gasteiger charge is 2.39. The maximum atomic E-state index is 12.5. The molecule has 2 unspecified atom stereocenters. The second-order valence-corrected chi connectivity index (χ2v) is 9.42. The first kappa shape index (κ1) is 22.0. The quantitative estimate of drug-likeness (QED) is 0.763. The van der Waals surface area contributed by atoms with Crippen molar-refractivity contribution in [3.8, 4) is 0 Å². The van der Waals surface area contributed by atoms with Crippen LogP contribution in [0.1, 0.15) is 48.0 Å². The number of hydrogen-bond acceptors (Lipinski definition) is 4. The maximum Gasteiger partial charge on any atom is 0.337 e. The molecule has 2 aliphatic carbocycles. The smallest absolute Gasteiger partial charge is 0.337 e. The van der Waals surface area contributed by atoms with E-state index in [0.29, 0.717) is 17.4 Å². The summed E-state index contributed by atoms with van der Waals surface area (Å²) in [6, 6.07) is 6.11. The predicted octanol–water partition coefficient (Wildman–Crippen LogP) is 2.88. The number of amides is 1. The Bertz CT molecular complexity index is 744. The third-order valence-electron chi connectivity index (χ3n) is 5.53. The zero-order valence-corrected chi connectivity index (χ0v) is 16.4. The highest BCUT2D eigenvalue weighted by molar-refractivity contribution is 7.90. The molecular weight excluding hydrogens is 398 g/mol. The minimum absolute atomic E-state index is 0. The second kappa shape index (κ2) is 8.84. The Labute approximate surface area is 164 Å². The number of benzene rings is 1. The lowest BCUT2D eigenvalue weighted by Crippen LogP contribution is -2.53. The molecule has 0 radical (unpaired) electrons. The van der Waals surface area contributed by atoms with Gasteiger partial charge in [0.05, 0.1) is 5.75 Å². The van der Waals surface area contributed by atoms with Gasteiger partial charge in [-0.1, -0.05) is 18.6 Å². The number of alkyl halides is 2. The maximum absolute atomic E-state index is 12.5. The van der Waals surface area contributed by atoms with E-state index < -0.39 is 21.3 Å². The van der Waals surface area contributed by atoms with Crippen LogP contribution in [0.4, 0.5) is 8.78 Å². The summed E-state index contributed by atoms with van der Waals surface area (Å²) in [4.78, 5) is 12.5. The lowest BCUT2D eigenvalue weighted by molar-refractivity contribution is 0.0756. The third kappa shape index (κ3) is 5.18. The minimum Gasteiger partial charge on any atom is -0.349 e. The van der Waals surface area contributed by atoms with E-state index in [4.69, 9.17) is 5.73 Å². The van der Waals surface area contributed by atoms with E-state index in [1.807, 2.05) is 0 Å². The molecule has 1 aromatic rings. The van der Waals surface area contributed by atoms with Crippen LogP contribution >= 0.6 is 12.4 Å². The molecule has 0 aromatic heterocycles.